The number of hydrogen-bond donors (Lipinski definition) is 1. The van der Waals surface area contributed by atoms with E-state index in [0.717, 1.165) is 55.3 Å². The molecule has 0 aromatic heterocycles. The van der Waals surface area contributed by atoms with E-state index in [1.807, 2.05) is 7.11 Å². The fourth-order valence-electron chi connectivity index (χ4n) is 10.3. The molecule has 2 spiro atoms. The lowest BCUT2D eigenvalue weighted by Crippen LogP contribution is -2.80. The molecule has 0 amide bonds. The summed E-state index contributed by atoms with van der Waals surface area (Å²) in [5.41, 5.74) is 5.40. The van der Waals surface area contributed by atoms with Crippen molar-refractivity contribution in [2.75, 3.05) is 27.3 Å². The summed E-state index contributed by atoms with van der Waals surface area (Å²) in [6.07, 6.45) is 8.25. The fraction of sp³-hybridized carbons (Fsp3) is 0.500. The van der Waals surface area contributed by atoms with Crippen molar-refractivity contribution >= 4 is 11.4 Å². The van der Waals surface area contributed by atoms with Crippen LogP contribution in [-0.2, 0) is 16.6 Å². The van der Waals surface area contributed by atoms with Crippen LogP contribution in [-0.4, -0.2) is 55.1 Å². The predicted octanol–water partition coefficient (Wildman–Crippen LogP) is 7.21. The summed E-state index contributed by atoms with van der Waals surface area (Å²) in [7, 11) is 3.68. The van der Waals surface area contributed by atoms with Crippen LogP contribution in [0.2, 0.25) is 0 Å². The first-order valence-electron chi connectivity index (χ1n) is 16.0. The maximum absolute atomic E-state index is 9.56. The number of nitrogens with zero attached hydrogens (tertiary/aromatic N) is 3. The van der Waals surface area contributed by atoms with E-state index in [2.05, 4.69) is 51.5 Å². The third kappa shape index (κ3) is 3.38. The number of phenols is 1. The quantitative estimate of drug-likeness (QED) is 0.301. The first-order chi connectivity index (χ1) is 21.0. The molecule has 4 saturated carbocycles. The minimum absolute atomic E-state index is 0.0396. The second kappa shape index (κ2) is 9.05. The highest BCUT2D eigenvalue weighted by molar-refractivity contribution is 5.64. The average molecular weight is 578 g/mol. The van der Waals surface area contributed by atoms with Crippen LogP contribution in [0.4, 0.5) is 11.4 Å². The molecule has 2 aliphatic heterocycles. The van der Waals surface area contributed by atoms with Crippen molar-refractivity contribution in [3.05, 3.63) is 77.4 Å². The minimum Gasteiger partial charge on any atom is -0.508 e. The Morgan fingerprint density at radius 1 is 0.930 bits per heavy atom. The van der Waals surface area contributed by atoms with Gasteiger partial charge in [-0.2, -0.15) is 10.2 Å². The molecule has 4 bridgehead atoms. The highest BCUT2D eigenvalue weighted by Gasteiger charge is 2.80. The summed E-state index contributed by atoms with van der Waals surface area (Å²) in [6.45, 7) is 2.39. The molecule has 5 aliphatic carbocycles. The molecule has 2 heterocycles. The van der Waals surface area contributed by atoms with Gasteiger partial charge in [-0.1, -0.05) is 18.2 Å². The largest absolute Gasteiger partial charge is 0.508 e. The van der Waals surface area contributed by atoms with Gasteiger partial charge in [0.15, 0.2) is 11.5 Å². The van der Waals surface area contributed by atoms with Gasteiger partial charge in [0.2, 0.25) is 0 Å². The number of aromatic hydroxyl groups is 1. The number of phenolic OH excluding ortho intramolecular Hbond substituents is 1. The molecule has 3 aromatic carbocycles. The number of fused-ring (bicyclic) bond motifs is 2. The Balaban J connectivity index is 1.14. The van der Waals surface area contributed by atoms with Crippen LogP contribution in [0.15, 0.2) is 70.9 Å². The molecule has 0 unspecified atom stereocenters. The van der Waals surface area contributed by atoms with Gasteiger partial charge < -0.3 is 19.3 Å². The number of benzene rings is 3. The molecular weight excluding hydrogens is 538 g/mol. The van der Waals surface area contributed by atoms with Crippen molar-refractivity contribution in [1.29, 1.82) is 0 Å². The van der Waals surface area contributed by atoms with Gasteiger partial charge in [0.1, 0.15) is 17.5 Å². The van der Waals surface area contributed by atoms with Gasteiger partial charge in [-0.15, -0.1) is 0 Å². The first kappa shape index (κ1) is 26.0. The molecule has 222 valence electrons. The third-order valence-electron chi connectivity index (χ3n) is 12.3. The molecule has 5 fully saturated rings. The Hall–Kier alpha value is -3.42. The second-order valence-electron chi connectivity index (χ2n) is 13.9. The zero-order valence-electron chi connectivity index (χ0n) is 25.0. The molecular formula is C36H39N3O4. The second-order valence-corrected chi connectivity index (χ2v) is 13.9. The SMILES string of the molecule is COc1ccc2c3c1O[C@H]1[C@@]4(OC)CC[C@@]5(C[C@@H]4c4ccc(N=Nc6ccc(O)cc6)cc4)[C@@H](C2)N(CC2CC2)CC[C@]315. The molecule has 43 heavy (non-hydrogen) atoms. The highest BCUT2D eigenvalue weighted by Crippen LogP contribution is 2.78. The highest BCUT2D eigenvalue weighted by atomic mass is 16.6. The Morgan fingerprint density at radius 2 is 1.67 bits per heavy atom. The van der Waals surface area contributed by atoms with Gasteiger partial charge in [-0.3, -0.25) is 4.90 Å². The van der Waals surface area contributed by atoms with Crippen LogP contribution >= 0.6 is 0 Å². The van der Waals surface area contributed by atoms with E-state index >= 15 is 0 Å². The van der Waals surface area contributed by atoms with Crippen LogP contribution in [0.1, 0.15) is 61.1 Å². The van der Waals surface area contributed by atoms with Gasteiger partial charge >= 0.3 is 0 Å². The van der Waals surface area contributed by atoms with E-state index in [4.69, 9.17) is 14.2 Å². The van der Waals surface area contributed by atoms with Crippen molar-refractivity contribution < 1.29 is 19.3 Å². The molecule has 7 nitrogen and oxygen atoms in total. The molecule has 7 aliphatic rings. The number of hydrogen-bond acceptors (Lipinski definition) is 7. The molecule has 1 N–H and O–H groups in total. The number of rotatable bonds is 7. The zero-order chi connectivity index (χ0) is 29.0. The van der Waals surface area contributed by atoms with E-state index in [-0.39, 0.29) is 28.6 Å². The summed E-state index contributed by atoms with van der Waals surface area (Å²) in [6, 6.07) is 20.4. The fourth-order valence-corrected chi connectivity index (χ4v) is 10.3. The van der Waals surface area contributed by atoms with Crippen molar-refractivity contribution in [1.82, 2.24) is 4.90 Å². The van der Waals surface area contributed by atoms with Crippen molar-refractivity contribution in [2.45, 2.75) is 74.0 Å². The number of methoxy groups -OCH3 is 2. The van der Waals surface area contributed by atoms with Gasteiger partial charge in [-0.05, 0) is 111 Å². The van der Waals surface area contributed by atoms with Crippen molar-refractivity contribution in [3.63, 3.8) is 0 Å². The molecule has 7 heteroatoms. The number of azo groups is 1. The van der Waals surface area contributed by atoms with Gasteiger partial charge in [0, 0.05) is 42.0 Å². The Morgan fingerprint density at radius 3 is 2.37 bits per heavy atom. The van der Waals surface area contributed by atoms with Crippen LogP contribution in [0.5, 0.6) is 17.2 Å². The third-order valence-corrected chi connectivity index (χ3v) is 12.3. The molecule has 6 atom stereocenters. The lowest BCUT2D eigenvalue weighted by molar-refractivity contribution is -0.261. The van der Waals surface area contributed by atoms with Crippen LogP contribution in [0, 0.1) is 11.3 Å². The van der Waals surface area contributed by atoms with Crippen molar-refractivity contribution in [3.8, 4) is 17.2 Å². The molecule has 1 saturated heterocycles. The lowest BCUT2D eigenvalue weighted by atomic mass is 9.34. The van der Waals surface area contributed by atoms with E-state index in [1.165, 1.54) is 42.5 Å². The van der Waals surface area contributed by atoms with Crippen LogP contribution < -0.4 is 9.47 Å². The van der Waals surface area contributed by atoms with Gasteiger partial charge in [-0.25, -0.2) is 0 Å². The Labute approximate surface area is 252 Å². The Bertz CT molecular complexity index is 1620. The molecule has 3 aromatic rings. The summed E-state index contributed by atoms with van der Waals surface area (Å²) in [4.78, 5) is 2.89. The average Bonchev–Trinajstić information content (AvgIpc) is 3.79. The standard InChI is InChI=1S/C36H39N3O4/c1-41-29-14-7-24-19-30-34-15-16-36(42-2,33-35(34,31(24)32(29)43-33)17-18-39(30)21-22-3-4-22)28(20-34)23-5-8-25(9-6-23)37-38-26-10-12-27(40)13-11-26/h5-14,22,28,30,33,40H,3-4,15-21H2,1-2H3/t28-,30-,33-,34-,35+,36-/m1/s1. The van der Waals surface area contributed by atoms with Crippen LogP contribution in [0.25, 0.3) is 0 Å². The monoisotopic (exact) mass is 577 g/mol. The molecule has 0 radical (unpaired) electrons. The van der Waals surface area contributed by atoms with E-state index in [1.54, 1.807) is 31.4 Å². The summed E-state index contributed by atoms with van der Waals surface area (Å²) in [5.74, 6) is 3.16. The van der Waals surface area contributed by atoms with E-state index in [9.17, 15) is 5.11 Å². The van der Waals surface area contributed by atoms with E-state index in [0.29, 0.717) is 11.7 Å². The van der Waals surface area contributed by atoms with Gasteiger partial charge in [0.25, 0.3) is 0 Å². The van der Waals surface area contributed by atoms with E-state index < -0.39 is 5.60 Å². The molecule has 10 rings (SSSR count). The smallest absolute Gasteiger partial charge is 0.165 e. The van der Waals surface area contributed by atoms with Gasteiger partial charge in [0.05, 0.1) is 18.5 Å². The number of ether oxygens (including phenoxy) is 3. The lowest BCUT2D eigenvalue weighted by Gasteiger charge is -2.74. The summed E-state index contributed by atoms with van der Waals surface area (Å²) < 4.78 is 19.9. The number of piperidine rings is 1. The topological polar surface area (TPSA) is 75.9 Å². The summed E-state index contributed by atoms with van der Waals surface area (Å²) in [5, 5.41) is 18.4. The maximum Gasteiger partial charge on any atom is 0.165 e. The van der Waals surface area contributed by atoms with Crippen LogP contribution in [0.3, 0.4) is 0 Å². The normalized spacial score (nSPS) is 35.2. The number of likely N-dealkylation sites (tertiary alicyclic amines) is 1. The maximum atomic E-state index is 9.56. The summed E-state index contributed by atoms with van der Waals surface area (Å²) >= 11 is 0. The van der Waals surface area contributed by atoms with Crippen molar-refractivity contribution in [2.24, 2.45) is 21.6 Å². The zero-order valence-corrected chi connectivity index (χ0v) is 25.0. The first-order valence-corrected chi connectivity index (χ1v) is 16.0. The predicted molar refractivity (Wildman–Crippen MR) is 163 cm³/mol. The minimum atomic E-state index is -0.418. The Kier molecular flexibility index (Phi) is 5.48.